The molecule has 0 aliphatic carbocycles. The molecule has 630 valence electrons. The molecular weight excluding hydrogens is 2060 g/mol. The van der Waals surface area contributed by atoms with Crippen LogP contribution in [0.1, 0.15) is 209 Å². The maximum absolute atomic E-state index is 13.4. The number of rotatable bonds is 36. The number of hydrogen-bond donors (Lipinski definition) is 1. The first-order valence-electron chi connectivity index (χ1n) is 36.7. The number of carbonyl (C=O) groups is 13. The van der Waals surface area contributed by atoms with Crippen LogP contribution < -0.4 is 5.32 Å². The molecule has 0 unspecified atom stereocenters. The van der Waals surface area contributed by atoms with Crippen LogP contribution in [0.4, 0.5) is 5.82 Å². The van der Waals surface area contributed by atoms with E-state index in [9.17, 15) is 62.3 Å². The third kappa shape index (κ3) is 24.6. The second-order valence-electron chi connectivity index (χ2n) is 29.0. The number of halogens is 2. The first-order chi connectivity index (χ1) is 55.7. The van der Waals surface area contributed by atoms with Crippen LogP contribution in [-0.4, -0.2) is 176 Å². The van der Waals surface area contributed by atoms with E-state index >= 15 is 0 Å². The quantitative estimate of drug-likeness (QED) is 0.0222. The number of imidazole rings is 8. The zero-order valence-corrected chi connectivity index (χ0v) is 81.1. The Hall–Kier alpha value is -10.1. The maximum Gasteiger partial charge on any atom is 2.00 e. The Morgan fingerprint density at radius 2 is 0.562 bits per heavy atom. The Labute approximate surface area is 766 Å². The van der Waals surface area contributed by atoms with Crippen LogP contribution in [-0.2, 0) is 217 Å². The summed E-state index contributed by atoms with van der Waals surface area (Å²) in [6.45, 7) is 10.6. The average molecular weight is 2160 g/mol. The van der Waals surface area contributed by atoms with Gasteiger partial charge in [-0.25, -0.2) is 41.8 Å². The fourth-order valence-corrected chi connectivity index (χ4v) is 13.8. The first-order valence-corrected chi connectivity index (χ1v) is 45.7. The third-order valence-electron chi connectivity index (χ3n) is 19.1. The molecule has 0 spiro atoms. The van der Waals surface area contributed by atoms with E-state index in [-0.39, 0.29) is 247 Å². The van der Waals surface area contributed by atoms with Gasteiger partial charge in [0.1, 0.15) is 11.6 Å². The molecule has 0 amide bonds. The van der Waals surface area contributed by atoms with Gasteiger partial charge in [0.15, 0.2) is 63.9 Å². The average Bonchev–Trinajstić information content (AvgIpc) is 1.68. The van der Waals surface area contributed by atoms with E-state index in [4.69, 9.17) is 0 Å². The minimum Gasteiger partial charge on any atom is 0 e. The summed E-state index contributed by atoms with van der Waals surface area (Å²) in [4.78, 5) is 202. The number of carbonyl (C=O) groups excluding carboxylic acids is 13. The molecule has 121 heavy (non-hydrogen) atoms. The molecule has 0 fully saturated rings. The van der Waals surface area contributed by atoms with Gasteiger partial charge in [0.2, 0.25) is 46.3 Å². The minimum absolute atomic E-state index is 0. The summed E-state index contributed by atoms with van der Waals surface area (Å²) in [6.07, 6.45) is 19.7. The summed E-state index contributed by atoms with van der Waals surface area (Å²) >= 11 is 4.74. The van der Waals surface area contributed by atoms with Crippen molar-refractivity contribution < 1.29 is 126 Å². The zero-order chi connectivity index (χ0) is 86.2. The molecule has 0 aliphatic heterocycles. The summed E-state index contributed by atoms with van der Waals surface area (Å²) in [7, 11) is 20.9. The Balaban J connectivity index is 0.000000316. The molecule has 12 aromatic heterocycles. The van der Waals surface area contributed by atoms with Gasteiger partial charge in [0.25, 0.3) is 0 Å². The van der Waals surface area contributed by atoms with Gasteiger partial charge in [-0.2, -0.15) is 6.92 Å². The number of anilines is 1. The van der Waals surface area contributed by atoms with Crippen molar-refractivity contribution in [1.29, 1.82) is 0 Å². The molecule has 0 saturated carbocycles. The molecule has 12 heterocycles. The SMILES string of the molecule is CC(=O)CCNc1cn(C)c(C(=O)Cc2cn(C)c(C(=O)Cc3cn(C)c(C(=O)Cc4cn(C)c(C(=O)Cc5cc(C(=O)Cc6cc(C(C)=O)n(C)c6)n(C)c5)n4)n3)n2)n1.[CH2-]C(=O)c1cc(CC(=O)c2cc(CC(=O)c3nc(CC(=O)c4nc(CC(=O)c5nc(CC(=O)c6nc([CH2-])cn6C)cn5C)cn4C)cn3C)cn2C)cn1C.[CH3-].[I][V][I].[W+2].[Y]. The van der Waals surface area contributed by atoms with Gasteiger partial charge in [-0.3, -0.25) is 62.5 Å². The van der Waals surface area contributed by atoms with E-state index in [0.29, 0.717) is 108 Å². The van der Waals surface area contributed by atoms with Crippen LogP contribution >= 0.6 is 40.0 Å². The molecule has 1 N–H and O–H groups in total. The van der Waals surface area contributed by atoms with E-state index in [1.165, 1.54) is 23.0 Å². The third-order valence-corrected chi connectivity index (χ3v) is 19.1. The molecular formula is C82H90I2N21O13VWY-. The summed E-state index contributed by atoms with van der Waals surface area (Å²) in [5.41, 5.74) is 7.17. The second-order valence-corrected chi connectivity index (χ2v) is 40.8. The fourth-order valence-electron chi connectivity index (χ4n) is 13.8. The smallest absolute Gasteiger partial charge is 0 e. The van der Waals surface area contributed by atoms with Crippen molar-refractivity contribution in [2.45, 2.75) is 84.5 Å². The van der Waals surface area contributed by atoms with Crippen LogP contribution in [0.3, 0.4) is 0 Å². The molecule has 0 atom stereocenters. The Kier molecular flexibility index (Phi) is 34.5. The van der Waals surface area contributed by atoms with Crippen molar-refractivity contribution in [1.82, 2.24) is 94.7 Å². The number of aryl methyl sites for hydroxylation is 12. The van der Waals surface area contributed by atoms with Crippen molar-refractivity contribution in [2.75, 3.05) is 11.9 Å². The van der Waals surface area contributed by atoms with Crippen LogP contribution in [0.25, 0.3) is 0 Å². The number of nitrogens with one attached hydrogen (secondary N) is 1. The largest absolute Gasteiger partial charge is 2.00 e. The van der Waals surface area contributed by atoms with E-state index in [2.05, 4.69) is 99.0 Å². The number of hydrogen-bond acceptors (Lipinski definition) is 22. The summed E-state index contributed by atoms with van der Waals surface area (Å²) < 4.78 is 19.1. The topological polar surface area (TPSA) is 396 Å². The van der Waals surface area contributed by atoms with Crippen LogP contribution in [0, 0.1) is 21.3 Å². The van der Waals surface area contributed by atoms with Gasteiger partial charge in [-0.15, -0.1) is 12.3 Å². The normalized spacial score (nSPS) is 10.8. The van der Waals surface area contributed by atoms with Crippen LogP contribution in [0.2, 0.25) is 0 Å². The van der Waals surface area contributed by atoms with Crippen molar-refractivity contribution in [2.24, 2.45) is 84.6 Å². The van der Waals surface area contributed by atoms with Gasteiger partial charge < -0.3 is 72.3 Å². The van der Waals surface area contributed by atoms with E-state index < -0.39 is 0 Å². The summed E-state index contributed by atoms with van der Waals surface area (Å²) in [6, 6.07) is 6.70. The fraction of sp³-hybridized carbons (Fsp3) is 0.317. The Morgan fingerprint density at radius 1 is 0.331 bits per heavy atom. The predicted octanol–water partition coefficient (Wildman–Crippen LogP) is 7.86. The van der Waals surface area contributed by atoms with Gasteiger partial charge >= 0.3 is 70.5 Å². The van der Waals surface area contributed by atoms with Gasteiger partial charge in [0.05, 0.1) is 89.8 Å². The number of aromatic nitrogens is 20. The number of Topliss-reactive ketones (excluding diaryl/α,β-unsaturated/α-hetero) is 13. The molecule has 12 rings (SSSR count). The monoisotopic (exact) mass is 2150 g/mol. The van der Waals surface area contributed by atoms with Crippen molar-refractivity contribution in [3.05, 3.63) is 251 Å². The molecule has 0 aliphatic rings. The molecule has 39 heteroatoms. The minimum atomic E-state index is -0.363. The van der Waals surface area contributed by atoms with Gasteiger partial charge in [-0.05, 0) is 67.7 Å². The van der Waals surface area contributed by atoms with Gasteiger partial charge in [0, 0.05) is 217 Å². The van der Waals surface area contributed by atoms with E-state index in [1.54, 1.807) is 229 Å². The molecule has 1 radical (unpaired) electrons. The van der Waals surface area contributed by atoms with Crippen molar-refractivity contribution >= 4 is 121 Å². The number of nitrogens with zero attached hydrogens (tertiary/aromatic N) is 20. The number of ketones is 13. The van der Waals surface area contributed by atoms with Crippen molar-refractivity contribution in [3.8, 4) is 0 Å². The predicted molar refractivity (Wildman–Crippen MR) is 450 cm³/mol. The van der Waals surface area contributed by atoms with E-state index in [1.807, 2.05) is 0 Å². The Bertz CT molecular complexity index is 6000. The van der Waals surface area contributed by atoms with Crippen LogP contribution in [0.15, 0.2) is 98.6 Å². The van der Waals surface area contributed by atoms with E-state index in [0.717, 1.165) is 5.56 Å². The first kappa shape index (κ1) is 98.0. The summed E-state index contributed by atoms with van der Waals surface area (Å²) in [5.74, 6) is -1.50. The van der Waals surface area contributed by atoms with Crippen molar-refractivity contribution in [3.63, 3.8) is 0 Å². The Morgan fingerprint density at radius 3 is 0.818 bits per heavy atom. The molecule has 0 saturated heterocycles. The molecule has 34 nitrogen and oxygen atoms in total. The van der Waals surface area contributed by atoms with Gasteiger partial charge in [-0.1, -0.05) is 11.4 Å². The molecule has 12 aromatic rings. The van der Waals surface area contributed by atoms with Crippen LogP contribution in [0.5, 0.6) is 0 Å². The second kappa shape index (κ2) is 42.6. The molecule has 0 bridgehead atoms. The maximum atomic E-state index is 13.4. The summed E-state index contributed by atoms with van der Waals surface area (Å²) in [5, 5.41) is 3.03. The standard InChI is InChI=1S/C42H47N11O7.C39H40N10O6.CH3.2HI.V.W.Y/c1-24(54)9-10-43-38-23-53(8)42(47-38)37(60)17-30-22-52(7)41(46-30)36(59)16-29-21-51(6)40(45-29)35(58)15-28-20-50(5)39(44-28)34(57)14-27-12-32(49(4)19-27)33(56)13-26-11-31(25(2)55)48(3)18-26;1-22-16-46(5)36(40-22)33(53)13-26-20-48(7)38(42-26)35(55)15-28-21-49(8)39(43-28)34(54)14-27-19-47(6)37(41-27)32(52)12-25-10-30(45(4)18-25)31(51)11-24-9-29(23(2)50)44(3)17-24;;;;;;/h11-12,18-23,43H,9-10,13-17H2,1-8H3;9-10,16-21H,1-2,11-15H2,3-8H3;1H3;2*1H;;;/q;-2;-1;;;2*+2;/p-2. The zero-order valence-electron chi connectivity index (χ0n) is 69.6. The molecule has 0 aromatic carbocycles.